The summed E-state index contributed by atoms with van der Waals surface area (Å²) in [6, 6.07) is 1.65. The molecule has 1 rings (SSSR count). The molecule has 1 amide bonds. The maximum atomic E-state index is 11.0. The number of aromatic nitrogens is 1. The van der Waals surface area contributed by atoms with Gasteiger partial charge in [0.15, 0.2) is 0 Å². The molecule has 1 heterocycles. The van der Waals surface area contributed by atoms with Gasteiger partial charge in [0.1, 0.15) is 4.60 Å². The molecule has 0 saturated heterocycles. The van der Waals surface area contributed by atoms with Gasteiger partial charge in [-0.1, -0.05) is 18.5 Å². The van der Waals surface area contributed by atoms with E-state index in [1.165, 1.54) is 0 Å². The van der Waals surface area contributed by atoms with Crippen LogP contribution in [0.4, 0.5) is 5.69 Å². The van der Waals surface area contributed by atoms with Gasteiger partial charge in [-0.05, 0) is 22.0 Å². The van der Waals surface area contributed by atoms with Gasteiger partial charge in [0, 0.05) is 6.42 Å². The summed E-state index contributed by atoms with van der Waals surface area (Å²) in [5.41, 5.74) is 0.611. The van der Waals surface area contributed by atoms with E-state index in [2.05, 4.69) is 26.2 Å². The highest BCUT2D eigenvalue weighted by atomic mass is 79.9. The molecule has 1 aromatic rings. The zero-order chi connectivity index (χ0) is 9.84. The number of nitrogens with one attached hydrogen (secondary N) is 1. The van der Waals surface area contributed by atoms with Crippen molar-refractivity contribution in [1.82, 2.24) is 4.98 Å². The van der Waals surface area contributed by atoms with E-state index >= 15 is 0 Å². The molecule has 0 radical (unpaired) electrons. The minimum Gasteiger partial charge on any atom is -0.325 e. The molecule has 3 nitrogen and oxygen atoms in total. The first-order valence-electron chi connectivity index (χ1n) is 3.74. The van der Waals surface area contributed by atoms with Crippen LogP contribution in [-0.2, 0) is 4.79 Å². The Bertz CT molecular complexity index is 330. The average molecular weight is 264 g/mol. The Morgan fingerprint density at radius 3 is 3.00 bits per heavy atom. The highest BCUT2D eigenvalue weighted by Crippen LogP contribution is 2.22. The molecule has 0 aliphatic rings. The van der Waals surface area contributed by atoms with Crippen molar-refractivity contribution in [3.8, 4) is 0 Å². The summed E-state index contributed by atoms with van der Waals surface area (Å²) in [7, 11) is 0. The third-order valence-electron chi connectivity index (χ3n) is 1.40. The third kappa shape index (κ3) is 2.97. The Labute approximate surface area is 89.6 Å². The van der Waals surface area contributed by atoms with Crippen LogP contribution in [-0.4, -0.2) is 10.9 Å². The zero-order valence-corrected chi connectivity index (χ0v) is 9.32. The van der Waals surface area contributed by atoms with Crippen molar-refractivity contribution >= 4 is 39.1 Å². The van der Waals surface area contributed by atoms with Crippen molar-refractivity contribution in [2.45, 2.75) is 13.3 Å². The molecule has 0 fully saturated rings. The van der Waals surface area contributed by atoms with Crippen LogP contribution in [0.1, 0.15) is 13.3 Å². The zero-order valence-electron chi connectivity index (χ0n) is 6.97. The van der Waals surface area contributed by atoms with E-state index in [1.54, 1.807) is 19.2 Å². The summed E-state index contributed by atoms with van der Waals surface area (Å²) in [5.74, 6) is -0.0554. The highest BCUT2D eigenvalue weighted by molar-refractivity contribution is 9.10. The lowest BCUT2D eigenvalue weighted by atomic mass is 10.4. The van der Waals surface area contributed by atoms with Crippen LogP contribution < -0.4 is 5.32 Å². The summed E-state index contributed by atoms with van der Waals surface area (Å²) in [5, 5.41) is 3.13. The van der Waals surface area contributed by atoms with Gasteiger partial charge in [-0.2, -0.15) is 0 Å². The van der Waals surface area contributed by atoms with Crippen molar-refractivity contribution in [2.24, 2.45) is 0 Å². The molecule has 0 unspecified atom stereocenters. The minimum atomic E-state index is -0.0554. The van der Waals surface area contributed by atoms with E-state index < -0.39 is 0 Å². The average Bonchev–Trinajstić information content (AvgIpc) is 2.11. The van der Waals surface area contributed by atoms with Crippen LogP contribution in [0.5, 0.6) is 0 Å². The Balaban J connectivity index is 2.79. The number of rotatable bonds is 2. The second-order valence-electron chi connectivity index (χ2n) is 2.40. The normalized spacial score (nSPS) is 9.77. The molecule has 1 N–H and O–H groups in total. The second-order valence-corrected chi connectivity index (χ2v) is 3.56. The van der Waals surface area contributed by atoms with Crippen molar-refractivity contribution in [1.29, 1.82) is 0 Å². The van der Waals surface area contributed by atoms with Crippen LogP contribution in [0.3, 0.4) is 0 Å². The number of halogens is 2. The standard InChI is InChI=1S/C8H8BrClN2O/c1-2-7(13)12-5-3-6(10)8(9)11-4-5/h3-4H,2H2,1H3,(H,12,13). The summed E-state index contributed by atoms with van der Waals surface area (Å²) < 4.78 is 0.573. The molecule has 0 saturated carbocycles. The fourth-order valence-electron chi connectivity index (χ4n) is 0.739. The van der Waals surface area contributed by atoms with Crippen molar-refractivity contribution < 1.29 is 4.79 Å². The number of carbonyl (C=O) groups excluding carboxylic acids is 1. The van der Waals surface area contributed by atoms with E-state index in [9.17, 15) is 4.79 Å². The lowest BCUT2D eigenvalue weighted by Crippen LogP contribution is -2.09. The van der Waals surface area contributed by atoms with Crippen LogP contribution in [0.15, 0.2) is 16.9 Å². The monoisotopic (exact) mass is 262 g/mol. The molecular formula is C8H8BrClN2O. The predicted octanol–water partition coefficient (Wildman–Crippen LogP) is 2.85. The van der Waals surface area contributed by atoms with E-state index in [1.807, 2.05) is 0 Å². The van der Waals surface area contributed by atoms with Crippen LogP contribution in [0, 0.1) is 0 Å². The number of pyridine rings is 1. The summed E-state index contributed by atoms with van der Waals surface area (Å²) in [6.45, 7) is 1.78. The predicted molar refractivity (Wildman–Crippen MR) is 55.9 cm³/mol. The molecule has 0 bridgehead atoms. The highest BCUT2D eigenvalue weighted by Gasteiger charge is 2.02. The Hall–Kier alpha value is -0.610. The smallest absolute Gasteiger partial charge is 0.224 e. The van der Waals surface area contributed by atoms with Gasteiger partial charge < -0.3 is 5.32 Å². The number of carbonyl (C=O) groups is 1. The lowest BCUT2D eigenvalue weighted by Gasteiger charge is -2.03. The van der Waals surface area contributed by atoms with Crippen LogP contribution >= 0.6 is 27.5 Å². The quantitative estimate of drug-likeness (QED) is 0.834. The summed E-state index contributed by atoms with van der Waals surface area (Å²) in [4.78, 5) is 14.9. The van der Waals surface area contributed by atoms with Gasteiger partial charge in [0.2, 0.25) is 5.91 Å². The molecule has 13 heavy (non-hydrogen) atoms. The van der Waals surface area contributed by atoms with E-state index in [4.69, 9.17) is 11.6 Å². The van der Waals surface area contributed by atoms with E-state index in [0.29, 0.717) is 21.7 Å². The summed E-state index contributed by atoms with van der Waals surface area (Å²) in [6.07, 6.45) is 1.98. The second kappa shape index (κ2) is 4.58. The molecule has 0 spiro atoms. The van der Waals surface area contributed by atoms with Gasteiger partial charge in [-0.3, -0.25) is 4.79 Å². The van der Waals surface area contributed by atoms with Crippen molar-refractivity contribution in [2.75, 3.05) is 5.32 Å². The molecule has 0 aliphatic carbocycles. The Morgan fingerprint density at radius 1 is 1.77 bits per heavy atom. The number of amides is 1. The summed E-state index contributed by atoms with van der Waals surface area (Å²) >= 11 is 8.94. The first-order chi connectivity index (χ1) is 6.13. The number of hydrogen-bond donors (Lipinski definition) is 1. The molecule has 5 heteroatoms. The van der Waals surface area contributed by atoms with E-state index in [-0.39, 0.29) is 5.91 Å². The van der Waals surface area contributed by atoms with Crippen molar-refractivity contribution in [3.05, 3.63) is 21.9 Å². The SMILES string of the molecule is CCC(=O)Nc1cnc(Br)c(Cl)c1. The molecule has 70 valence electrons. The minimum absolute atomic E-state index is 0.0554. The van der Waals surface area contributed by atoms with Gasteiger partial charge >= 0.3 is 0 Å². The van der Waals surface area contributed by atoms with Crippen molar-refractivity contribution in [3.63, 3.8) is 0 Å². The van der Waals surface area contributed by atoms with Gasteiger partial charge in [-0.25, -0.2) is 4.98 Å². The van der Waals surface area contributed by atoms with Gasteiger partial charge in [0.05, 0.1) is 16.9 Å². The molecular weight excluding hydrogens is 255 g/mol. The van der Waals surface area contributed by atoms with Gasteiger partial charge in [-0.15, -0.1) is 0 Å². The fraction of sp³-hybridized carbons (Fsp3) is 0.250. The number of anilines is 1. The Kier molecular flexibility index (Phi) is 3.69. The number of nitrogens with zero attached hydrogens (tertiary/aromatic N) is 1. The largest absolute Gasteiger partial charge is 0.325 e. The fourth-order valence-corrected chi connectivity index (χ4v) is 1.12. The van der Waals surface area contributed by atoms with E-state index in [0.717, 1.165) is 0 Å². The molecule has 0 atom stereocenters. The molecule has 1 aromatic heterocycles. The maximum Gasteiger partial charge on any atom is 0.224 e. The first-order valence-corrected chi connectivity index (χ1v) is 4.91. The molecule has 0 aliphatic heterocycles. The molecule has 0 aromatic carbocycles. The maximum absolute atomic E-state index is 11.0. The van der Waals surface area contributed by atoms with Crippen LogP contribution in [0.25, 0.3) is 0 Å². The Morgan fingerprint density at radius 2 is 2.46 bits per heavy atom. The van der Waals surface area contributed by atoms with Crippen LogP contribution in [0.2, 0.25) is 5.02 Å². The van der Waals surface area contributed by atoms with Gasteiger partial charge in [0.25, 0.3) is 0 Å². The lowest BCUT2D eigenvalue weighted by molar-refractivity contribution is -0.115. The third-order valence-corrected chi connectivity index (χ3v) is 2.55. The topological polar surface area (TPSA) is 42.0 Å². The number of hydrogen-bond acceptors (Lipinski definition) is 2. The first kappa shape index (κ1) is 10.5.